The predicted octanol–water partition coefficient (Wildman–Crippen LogP) is 1.78. The standard InChI is InChI=1S/C14H24N2O/c1-2-15-12-4-3-9-16(13(12)17)10-14(7-8-14)11-5-6-11/h11-12,15H,2-10H2,1H3. The van der Waals surface area contributed by atoms with E-state index in [0.29, 0.717) is 11.3 Å². The van der Waals surface area contributed by atoms with E-state index in [2.05, 4.69) is 17.1 Å². The number of hydrogen-bond acceptors (Lipinski definition) is 2. The Hall–Kier alpha value is -0.570. The first-order valence-corrected chi connectivity index (χ1v) is 7.27. The maximum absolute atomic E-state index is 12.3. The van der Waals surface area contributed by atoms with E-state index in [4.69, 9.17) is 0 Å². The van der Waals surface area contributed by atoms with Crippen LogP contribution in [-0.4, -0.2) is 36.5 Å². The van der Waals surface area contributed by atoms with Gasteiger partial charge in [-0.05, 0) is 56.4 Å². The molecule has 0 aromatic rings. The van der Waals surface area contributed by atoms with Crippen LogP contribution in [0.25, 0.3) is 0 Å². The van der Waals surface area contributed by atoms with Crippen LogP contribution in [0.15, 0.2) is 0 Å². The summed E-state index contributed by atoms with van der Waals surface area (Å²) in [6.45, 7) is 5.03. The molecule has 0 bridgehead atoms. The smallest absolute Gasteiger partial charge is 0.239 e. The fourth-order valence-electron chi connectivity index (χ4n) is 3.46. The van der Waals surface area contributed by atoms with Crippen LogP contribution in [0.3, 0.4) is 0 Å². The molecule has 1 unspecified atom stereocenters. The second-order valence-corrected chi connectivity index (χ2v) is 6.15. The largest absolute Gasteiger partial charge is 0.341 e. The molecule has 3 aliphatic rings. The number of likely N-dealkylation sites (N-methyl/N-ethyl adjacent to an activating group) is 1. The summed E-state index contributed by atoms with van der Waals surface area (Å²) in [4.78, 5) is 14.5. The molecule has 1 amide bonds. The molecule has 0 aromatic heterocycles. The molecule has 1 N–H and O–H groups in total. The van der Waals surface area contributed by atoms with E-state index >= 15 is 0 Å². The van der Waals surface area contributed by atoms with E-state index in [1.54, 1.807) is 0 Å². The van der Waals surface area contributed by atoms with Crippen LogP contribution in [0, 0.1) is 11.3 Å². The van der Waals surface area contributed by atoms with Gasteiger partial charge in [-0.25, -0.2) is 0 Å². The first-order valence-electron chi connectivity index (χ1n) is 7.27. The van der Waals surface area contributed by atoms with Crippen LogP contribution < -0.4 is 5.32 Å². The summed E-state index contributed by atoms with van der Waals surface area (Å²) in [5, 5.41) is 3.32. The highest BCUT2D eigenvalue weighted by atomic mass is 16.2. The molecule has 1 heterocycles. The van der Waals surface area contributed by atoms with E-state index in [9.17, 15) is 4.79 Å². The van der Waals surface area contributed by atoms with Crippen molar-refractivity contribution in [2.45, 2.75) is 51.5 Å². The quantitative estimate of drug-likeness (QED) is 0.789. The Bertz CT molecular complexity index is 305. The van der Waals surface area contributed by atoms with Gasteiger partial charge in [0.1, 0.15) is 0 Å². The number of carbonyl (C=O) groups excluding carboxylic acids is 1. The van der Waals surface area contributed by atoms with Crippen LogP contribution in [0.2, 0.25) is 0 Å². The molecule has 96 valence electrons. The molecule has 1 aliphatic heterocycles. The van der Waals surface area contributed by atoms with Gasteiger partial charge in [0.15, 0.2) is 0 Å². The molecule has 1 atom stereocenters. The fraction of sp³-hybridized carbons (Fsp3) is 0.929. The van der Waals surface area contributed by atoms with Crippen molar-refractivity contribution in [3.63, 3.8) is 0 Å². The first kappa shape index (κ1) is 11.5. The molecule has 3 fully saturated rings. The number of likely N-dealkylation sites (tertiary alicyclic amines) is 1. The van der Waals surface area contributed by atoms with E-state index in [-0.39, 0.29) is 6.04 Å². The van der Waals surface area contributed by atoms with Crippen LogP contribution in [0.1, 0.15) is 45.4 Å². The Morgan fingerprint density at radius 3 is 2.71 bits per heavy atom. The minimum atomic E-state index is 0.101. The van der Waals surface area contributed by atoms with E-state index in [1.807, 2.05) is 0 Å². The maximum Gasteiger partial charge on any atom is 0.239 e. The van der Waals surface area contributed by atoms with Crippen molar-refractivity contribution in [2.75, 3.05) is 19.6 Å². The minimum absolute atomic E-state index is 0.101. The molecular formula is C14H24N2O. The van der Waals surface area contributed by atoms with Crippen molar-refractivity contribution in [1.82, 2.24) is 10.2 Å². The molecule has 3 rings (SSSR count). The molecule has 3 nitrogen and oxygen atoms in total. The summed E-state index contributed by atoms with van der Waals surface area (Å²) in [6, 6.07) is 0.101. The molecule has 2 saturated carbocycles. The Balaban J connectivity index is 1.60. The lowest BCUT2D eigenvalue weighted by molar-refractivity contribution is -0.137. The van der Waals surface area contributed by atoms with Gasteiger partial charge in [0, 0.05) is 13.1 Å². The summed E-state index contributed by atoms with van der Waals surface area (Å²) >= 11 is 0. The zero-order valence-electron chi connectivity index (χ0n) is 10.9. The number of hydrogen-bond donors (Lipinski definition) is 1. The number of amides is 1. The summed E-state index contributed by atoms with van der Waals surface area (Å²) in [5.74, 6) is 1.32. The highest BCUT2D eigenvalue weighted by Gasteiger charge is 2.55. The fourth-order valence-corrected chi connectivity index (χ4v) is 3.46. The van der Waals surface area contributed by atoms with Crippen LogP contribution in [-0.2, 0) is 4.79 Å². The summed E-state index contributed by atoms with van der Waals surface area (Å²) in [7, 11) is 0. The molecule has 2 aliphatic carbocycles. The van der Waals surface area contributed by atoms with Gasteiger partial charge in [0.2, 0.25) is 5.91 Å². The Morgan fingerprint density at radius 1 is 1.35 bits per heavy atom. The molecule has 0 spiro atoms. The predicted molar refractivity (Wildman–Crippen MR) is 67.7 cm³/mol. The van der Waals surface area contributed by atoms with E-state index < -0.39 is 0 Å². The average molecular weight is 236 g/mol. The van der Waals surface area contributed by atoms with Crippen LogP contribution >= 0.6 is 0 Å². The third-order valence-corrected chi connectivity index (χ3v) is 4.82. The normalized spacial score (nSPS) is 31.7. The summed E-state index contributed by atoms with van der Waals surface area (Å²) in [6.07, 6.45) is 7.77. The second kappa shape index (κ2) is 4.27. The third kappa shape index (κ3) is 2.22. The number of nitrogens with zero attached hydrogens (tertiary/aromatic N) is 1. The zero-order valence-corrected chi connectivity index (χ0v) is 10.9. The van der Waals surface area contributed by atoms with Gasteiger partial charge in [-0.2, -0.15) is 0 Å². The molecule has 1 saturated heterocycles. The Morgan fingerprint density at radius 2 is 2.12 bits per heavy atom. The summed E-state index contributed by atoms with van der Waals surface area (Å²) in [5.41, 5.74) is 0.559. The lowest BCUT2D eigenvalue weighted by atomic mass is 9.97. The number of carbonyl (C=O) groups is 1. The van der Waals surface area contributed by atoms with Crippen molar-refractivity contribution >= 4 is 5.91 Å². The summed E-state index contributed by atoms with van der Waals surface area (Å²) < 4.78 is 0. The van der Waals surface area contributed by atoms with Crippen molar-refractivity contribution < 1.29 is 4.79 Å². The Labute approximate surface area is 104 Å². The average Bonchev–Trinajstić information content (AvgIpc) is 3.14. The van der Waals surface area contributed by atoms with Gasteiger partial charge in [-0.3, -0.25) is 4.79 Å². The zero-order chi connectivity index (χ0) is 11.9. The van der Waals surface area contributed by atoms with Gasteiger partial charge in [0.25, 0.3) is 0 Å². The van der Waals surface area contributed by atoms with Gasteiger partial charge in [-0.1, -0.05) is 6.92 Å². The number of rotatable bonds is 5. The van der Waals surface area contributed by atoms with Crippen LogP contribution in [0.4, 0.5) is 0 Å². The molecule has 0 radical (unpaired) electrons. The van der Waals surface area contributed by atoms with Crippen molar-refractivity contribution in [3.05, 3.63) is 0 Å². The maximum atomic E-state index is 12.3. The SMILES string of the molecule is CCNC1CCCN(CC2(C3CC3)CC2)C1=O. The van der Waals surface area contributed by atoms with Crippen LogP contribution in [0.5, 0.6) is 0 Å². The van der Waals surface area contributed by atoms with Gasteiger partial charge in [0.05, 0.1) is 6.04 Å². The molecule has 17 heavy (non-hydrogen) atoms. The number of piperidine rings is 1. The monoisotopic (exact) mass is 236 g/mol. The van der Waals surface area contributed by atoms with Crippen molar-refractivity contribution in [2.24, 2.45) is 11.3 Å². The molecular weight excluding hydrogens is 212 g/mol. The van der Waals surface area contributed by atoms with Gasteiger partial charge >= 0.3 is 0 Å². The minimum Gasteiger partial charge on any atom is -0.341 e. The highest BCUT2D eigenvalue weighted by molar-refractivity contribution is 5.82. The van der Waals surface area contributed by atoms with E-state index in [0.717, 1.165) is 32.0 Å². The molecule has 3 heteroatoms. The van der Waals surface area contributed by atoms with Crippen molar-refractivity contribution in [3.8, 4) is 0 Å². The lowest BCUT2D eigenvalue weighted by Crippen LogP contribution is -2.52. The van der Waals surface area contributed by atoms with Gasteiger partial charge in [-0.15, -0.1) is 0 Å². The van der Waals surface area contributed by atoms with E-state index in [1.165, 1.54) is 32.1 Å². The second-order valence-electron chi connectivity index (χ2n) is 6.15. The topological polar surface area (TPSA) is 32.3 Å². The number of nitrogens with one attached hydrogen (secondary N) is 1. The highest BCUT2D eigenvalue weighted by Crippen LogP contribution is 2.61. The first-order chi connectivity index (χ1) is 8.25. The third-order valence-electron chi connectivity index (χ3n) is 4.82. The van der Waals surface area contributed by atoms with Crippen molar-refractivity contribution in [1.29, 1.82) is 0 Å². The van der Waals surface area contributed by atoms with Gasteiger partial charge < -0.3 is 10.2 Å². The Kier molecular flexibility index (Phi) is 2.89. The lowest BCUT2D eigenvalue weighted by Gasteiger charge is -2.35. The molecule has 0 aromatic carbocycles.